The Kier molecular flexibility index (Phi) is 4.09. The molecule has 0 spiro atoms. The molecule has 1 saturated carbocycles. The molecule has 2 unspecified atom stereocenters. The highest BCUT2D eigenvalue weighted by atomic mass is 32.2. The van der Waals surface area contributed by atoms with E-state index in [1.807, 2.05) is 18.7 Å². The molecule has 1 saturated heterocycles. The summed E-state index contributed by atoms with van der Waals surface area (Å²) >= 11 is 0. The van der Waals surface area contributed by atoms with Gasteiger partial charge in [0.25, 0.3) is 0 Å². The lowest BCUT2D eigenvalue weighted by molar-refractivity contribution is -0.0241. The largest absolute Gasteiger partial charge is 0.375 e. The van der Waals surface area contributed by atoms with Gasteiger partial charge in [0.15, 0.2) is 0 Å². The smallest absolute Gasteiger partial charge is 0.245 e. The number of aromatic nitrogens is 1. The molecule has 2 aliphatic rings. The van der Waals surface area contributed by atoms with Gasteiger partial charge in [-0.25, -0.2) is 8.42 Å². The van der Waals surface area contributed by atoms with Crippen molar-refractivity contribution in [3.63, 3.8) is 0 Å². The average Bonchev–Trinajstić information content (AvgIpc) is 3.06. The summed E-state index contributed by atoms with van der Waals surface area (Å²) in [7, 11) is 0.300. The number of sulfonamides is 1. The van der Waals surface area contributed by atoms with Gasteiger partial charge in [0.05, 0.1) is 18.8 Å². The topological polar surface area (TPSA) is 63.6 Å². The van der Waals surface area contributed by atoms with Gasteiger partial charge in [-0.2, -0.15) is 4.31 Å². The van der Waals surface area contributed by atoms with Crippen molar-refractivity contribution in [1.29, 1.82) is 0 Å². The van der Waals surface area contributed by atoms with Crippen molar-refractivity contribution < 1.29 is 13.2 Å². The zero-order valence-corrected chi connectivity index (χ0v) is 13.4. The molecule has 0 aromatic carbocycles. The maximum atomic E-state index is 12.9. The average molecular weight is 313 g/mol. The Labute approximate surface area is 126 Å². The molecular formula is C14H23N3O3S. The fraction of sp³-hybridized carbons (Fsp3) is 0.714. The highest BCUT2D eigenvalue weighted by Gasteiger charge is 2.42. The number of morpholine rings is 1. The third-order valence-electron chi connectivity index (χ3n) is 4.48. The fourth-order valence-electron chi connectivity index (χ4n) is 3.40. The molecule has 118 valence electrons. The Morgan fingerprint density at radius 2 is 2.24 bits per heavy atom. The molecule has 0 bridgehead atoms. The van der Waals surface area contributed by atoms with E-state index < -0.39 is 10.0 Å². The molecular weight excluding hydrogens is 290 g/mol. The van der Waals surface area contributed by atoms with Crippen LogP contribution in [0.3, 0.4) is 0 Å². The molecule has 7 heteroatoms. The Morgan fingerprint density at radius 1 is 1.43 bits per heavy atom. The van der Waals surface area contributed by atoms with Crippen molar-refractivity contribution >= 4 is 10.0 Å². The van der Waals surface area contributed by atoms with Crippen molar-refractivity contribution in [3.8, 4) is 0 Å². The Morgan fingerprint density at radius 3 is 3.00 bits per heavy atom. The van der Waals surface area contributed by atoms with Crippen LogP contribution in [0, 0.1) is 0 Å². The van der Waals surface area contributed by atoms with Crippen LogP contribution < -0.4 is 5.32 Å². The van der Waals surface area contributed by atoms with Crippen LogP contribution in [0.2, 0.25) is 0 Å². The molecule has 0 radical (unpaired) electrons. The van der Waals surface area contributed by atoms with Crippen LogP contribution in [0.1, 0.15) is 25.0 Å². The standard InChI is InChI=1S/C14H23N3O3S/c1-15-9-11-8-12(10-16(11)2)21(18,19)17-6-7-20-14-5-3-4-13(14)17/h8,10,13-15H,3-7,9H2,1-2H3. The van der Waals surface area contributed by atoms with Gasteiger partial charge in [-0.05, 0) is 32.4 Å². The number of rotatable bonds is 4. The van der Waals surface area contributed by atoms with Crippen LogP contribution >= 0.6 is 0 Å². The summed E-state index contributed by atoms with van der Waals surface area (Å²) < 4.78 is 35.1. The summed E-state index contributed by atoms with van der Waals surface area (Å²) in [4.78, 5) is 0.391. The molecule has 0 amide bonds. The third kappa shape index (κ3) is 2.63. The zero-order chi connectivity index (χ0) is 15.0. The van der Waals surface area contributed by atoms with Crippen molar-refractivity contribution in [2.45, 2.75) is 42.8 Å². The number of fused-ring (bicyclic) bond motifs is 1. The molecule has 2 atom stereocenters. The number of nitrogens with zero attached hydrogens (tertiary/aromatic N) is 2. The third-order valence-corrected chi connectivity index (χ3v) is 6.37. The van der Waals surface area contributed by atoms with Crippen molar-refractivity contribution in [2.24, 2.45) is 7.05 Å². The number of hydrogen-bond donors (Lipinski definition) is 1. The molecule has 1 aliphatic heterocycles. The van der Waals surface area contributed by atoms with Crippen LogP contribution in [0.15, 0.2) is 17.2 Å². The molecule has 3 rings (SSSR count). The highest BCUT2D eigenvalue weighted by Crippen LogP contribution is 2.33. The van der Waals surface area contributed by atoms with Crippen LogP contribution in [-0.4, -0.2) is 49.6 Å². The SMILES string of the molecule is CNCc1cc(S(=O)(=O)N2CCOC3CCCC32)cn1C. The summed E-state index contributed by atoms with van der Waals surface area (Å²) in [5.41, 5.74) is 0.965. The van der Waals surface area contributed by atoms with Crippen molar-refractivity contribution in [2.75, 3.05) is 20.2 Å². The minimum atomic E-state index is -3.43. The van der Waals surface area contributed by atoms with Crippen molar-refractivity contribution in [3.05, 3.63) is 18.0 Å². The molecule has 2 heterocycles. The van der Waals surface area contributed by atoms with E-state index in [0.29, 0.717) is 24.6 Å². The van der Waals surface area contributed by atoms with Gasteiger partial charge >= 0.3 is 0 Å². The lowest BCUT2D eigenvalue weighted by Gasteiger charge is -2.36. The number of ether oxygens (including phenoxy) is 1. The Hall–Kier alpha value is -0.890. The molecule has 2 fully saturated rings. The Bertz CT molecular complexity index is 611. The van der Waals surface area contributed by atoms with E-state index in [1.54, 1.807) is 16.6 Å². The lowest BCUT2D eigenvalue weighted by atomic mass is 10.2. The second kappa shape index (κ2) is 5.72. The van der Waals surface area contributed by atoms with Gasteiger partial charge in [0.2, 0.25) is 10.0 Å². The fourth-order valence-corrected chi connectivity index (χ4v) is 5.16. The maximum absolute atomic E-state index is 12.9. The van der Waals surface area contributed by atoms with E-state index >= 15 is 0 Å². The summed E-state index contributed by atoms with van der Waals surface area (Å²) in [5, 5.41) is 3.06. The lowest BCUT2D eigenvalue weighted by Crippen LogP contribution is -2.51. The van der Waals surface area contributed by atoms with Crippen LogP contribution in [0.4, 0.5) is 0 Å². The van der Waals surface area contributed by atoms with Gasteiger partial charge in [-0.15, -0.1) is 0 Å². The highest BCUT2D eigenvalue weighted by molar-refractivity contribution is 7.89. The predicted octanol–water partition coefficient (Wildman–Crippen LogP) is 0.686. The molecule has 1 aromatic heterocycles. The van der Waals surface area contributed by atoms with Crippen molar-refractivity contribution in [1.82, 2.24) is 14.2 Å². The minimum Gasteiger partial charge on any atom is -0.375 e. The molecule has 1 aliphatic carbocycles. The van der Waals surface area contributed by atoms with E-state index in [9.17, 15) is 8.42 Å². The van der Waals surface area contributed by atoms with Crippen LogP contribution in [0.25, 0.3) is 0 Å². The maximum Gasteiger partial charge on any atom is 0.245 e. The van der Waals surface area contributed by atoms with Gasteiger partial charge in [0, 0.05) is 32.0 Å². The summed E-state index contributed by atoms with van der Waals surface area (Å²) in [6, 6.07) is 1.78. The first-order valence-electron chi connectivity index (χ1n) is 7.47. The summed E-state index contributed by atoms with van der Waals surface area (Å²) in [5.74, 6) is 0. The Balaban J connectivity index is 1.90. The zero-order valence-electron chi connectivity index (χ0n) is 12.6. The predicted molar refractivity (Wildman–Crippen MR) is 79.4 cm³/mol. The molecule has 6 nitrogen and oxygen atoms in total. The summed E-state index contributed by atoms with van der Waals surface area (Å²) in [6.45, 7) is 1.61. The second-order valence-corrected chi connectivity index (χ2v) is 7.72. The van der Waals surface area contributed by atoms with E-state index in [1.165, 1.54) is 0 Å². The minimum absolute atomic E-state index is 0.0108. The summed E-state index contributed by atoms with van der Waals surface area (Å²) in [6.07, 6.45) is 4.70. The first kappa shape index (κ1) is 15.0. The number of nitrogens with one attached hydrogen (secondary N) is 1. The molecule has 21 heavy (non-hydrogen) atoms. The van der Waals surface area contributed by atoms with Gasteiger partial charge < -0.3 is 14.6 Å². The van der Waals surface area contributed by atoms with Gasteiger partial charge in [0.1, 0.15) is 4.90 Å². The molecule has 1 N–H and O–H groups in total. The van der Waals surface area contributed by atoms with E-state index in [-0.39, 0.29) is 12.1 Å². The van der Waals surface area contributed by atoms with E-state index in [0.717, 1.165) is 25.0 Å². The van der Waals surface area contributed by atoms with Crippen LogP contribution in [-0.2, 0) is 28.4 Å². The normalized spacial score (nSPS) is 27.0. The number of hydrogen-bond acceptors (Lipinski definition) is 4. The molecule has 1 aromatic rings. The monoisotopic (exact) mass is 313 g/mol. The van der Waals surface area contributed by atoms with Crippen LogP contribution in [0.5, 0.6) is 0 Å². The van der Waals surface area contributed by atoms with E-state index in [2.05, 4.69) is 5.32 Å². The van der Waals surface area contributed by atoms with Gasteiger partial charge in [-0.3, -0.25) is 0 Å². The second-order valence-electron chi connectivity index (χ2n) is 5.83. The number of aryl methyl sites for hydroxylation is 1. The quantitative estimate of drug-likeness (QED) is 0.888. The first-order valence-corrected chi connectivity index (χ1v) is 8.91. The van der Waals surface area contributed by atoms with E-state index in [4.69, 9.17) is 4.74 Å². The first-order chi connectivity index (χ1) is 10.0. The van der Waals surface area contributed by atoms with Gasteiger partial charge in [-0.1, -0.05) is 0 Å².